The SMILES string of the molecule is COc1cccc(N2CC(C(=O)Nc3ccc(F)cc3Br)CC2=O)c1. The molecule has 0 spiro atoms. The minimum absolute atomic E-state index is 0.119. The predicted octanol–water partition coefficient (Wildman–Crippen LogP) is 3.59. The van der Waals surface area contributed by atoms with Crippen molar-refractivity contribution in [1.29, 1.82) is 0 Å². The zero-order valence-corrected chi connectivity index (χ0v) is 15.0. The molecule has 2 amide bonds. The molecule has 1 N–H and O–H groups in total. The Bertz CT molecular complexity index is 828. The van der Waals surface area contributed by atoms with E-state index in [1.54, 1.807) is 36.3 Å². The van der Waals surface area contributed by atoms with Crippen molar-refractivity contribution in [3.63, 3.8) is 0 Å². The number of carbonyl (C=O) groups is 2. The van der Waals surface area contributed by atoms with E-state index in [0.717, 1.165) is 0 Å². The van der Waals surface area contributed by atoms with Crippen molar-refractivity contribution < 1.29 is 18.7 Å². The Morgan fingerprint density at radius 1 is 1.32 bits per heavy atom. The second-order valence-corrected chi connectivity index (χ2v) is 6.57. The molecule has 0 radical (unpaired) electrons. The summed E-state index contributed by atoms with van der Waals surface area (Å²) in [4.78, 5) is 26.3. The highest BCUT2D eigenvalue weighted by atomic mass is 79.9. The van der Waals surface area contributed by atoms with E-state index < -0.39 is 11.7 Å². The number of hydrogen-bond acceptors (Lipinski definition) is 3. The van der Waals surface area contributed by atoms with Crippen molar-refractivity contribution >= 4 is 39.1 Å². The summed E-state index contributed by atoms with van der Waals surface area (Å²) in [6, 6.07) is 11.2. The molecule has 0 bridgehead atoms. The highest BCUT2D eigenvalue weighted by molar-refractivity contribution is 9.10. The first-order valence-corrected chi connectivity index (χ1v) is 8.47. The Labute approximate surface area is 152 Å². The van der Waals surface area contributed by atoms with Crippen LogP contribution in [0, 0.1) is 11.7 Å². The molecule has 1 saturated heterocycles. The molecule has 1 heterocycles. The molecule has 25 heavy (non-hydrogen) atoms. The number of halogens is 2. The zero-order valence-electron chi connectivity index (χ0n) is 13.5. The normalized spacial score (nSPS) is 16.8. The average molecular weight is 407 g/mol. The van der Waals surface area contributed by atoms with Crippen LogP contribution in [0.3, 0.4) is 0 Å². The fourth-order valence-corrected chi connectivity index (χ4v) is 3.19. The van der Waals surface area contributed by atoms with Gasteiger partial charge in [-0.2, -0.15) is 0 Å². The van der Waals surface area contributed by atoms with Crippen LogP contribution in [0.5, 0.6) is 5.75 Å². The molecule has 7 heteroatoms. The van der Waals surface area contributed by atoms with Gasteiger partial charge in [0.15, 0.2) is 0 Å². The second kappa shape index (κ2) is 7.23. The number of nitrogens with zero attached hydrogens (tertiary/aromatic N) is 1. The lowest BCUT2D eigenvalue weighted by Crippen LogP contribution is -2.28. The summed E-state index contributed by atoms with van der Waals surface area (Å²) in [7, 11) is 1.56. The lowest BCUT2D eigenvalue weighted by atomic mass is 10.1. The van der Waals surface area contributed by atoms with E-state index in [4.69, 9.17) is 4.74 Å². The number of hydrogen-bond donors (Lipinski definition) is 1. The number of anilines is 2. The van der Waals surface area contributed by atoms with Gasteiger partial charge >= 0.3 is 0 Å². The van der Waals surface area contributed by atoms with E-state index in [1.807, 2.05) is 0 Å². The molecule has 0 aromatic heterocycles. The van der Waals surface area contributed by atoms with Gasteiger partial charge < -0.3 is 15.0 Å². The minimum Gasteiger partial charge on any atom is -0.497 e. The number of rotatable bonds is 4. The summed E-state index contributed by atoms with van der Waals surface area (Å²) in [5, 5.41) is 2.74. The maximum atomic E-state index is 13.1. The van der Waals surface area contributed by atoms with Gasteiger partial charge in [0.05, 0.1) is 18.7 Å². The van der Waals surface area contributed by atoms with E-state index in [1.165, 1.54) is 18.2 Å². The van der Waals surface area contributed by atoms with E-state index in [-0.39, 0.29) is 24.8 Å². The highest BCUT2D eigenvalue weighted by Gasteiger charge is 2.35. The molecule has 1 fully saturated rings. The number of benzene rings is 2. The standard InChI is InChI=1S/C18H16BrFN2O3/c1-25-14-4-2-3-13(9-14)22-10-11(7-17(22)23)18(24)21-16-6-5-12(20)8-15(16)19/h2-6,8-9,11H,7,10H2,1H3,(H,21,24). The number of ether oxygens (including phenoxy) is 1. The lowest BCUT2D eigenvalue weighted by Gasteiger charge is -2.17. The summed E-state index contributed by atoms with van der Waals surface area (Å²) >= 11 is 3.21. The first-order valence-electron chi connectivity index (χ1n) is 7.68. The molecule has 1 unspecified atom stereocenters. The lowest BCUT2D eigenvalue weighted by molar-refractivity contribution is -0.122. The third-order valence-corrected chi connectivity index (χ3v) is 4.71. The Balaban J connectivity index is 1.72. The summed E-state index contributed by atoms with van der Waals surface area (Å²) in [5.74, 6) is -0.619. The van der Waals surface area contributed by atoms with Crippen molar-refractivity contribution in [2.75, 3.05) is 23.9 Å². The third kappa shape index (κ3) is 3.82. The topological polar surface area (TPSA) is 58.6 Å². The molecule has 0 saturated carbocycles. The van der Waals surface area contributed by atoms with Gasteiger partial charge in [-0.1, -0.05) is 6.07 Å². The van der Waals surface area contributed by atoms with Crippen LogP contribution in [-0.4, -0.2) is 25.5 Å². The summed E-state index contributed by atoms with van der Waals surface area (Å²) in [6.07, 6.45) is 0.127. The molecule has 130 valence electrons. The molecule has 2 aromatic carbocycles. The van der Waals surface area contributed by atoms with Crippen LogP contribution in [0.1, 0.15) is 6.42 Å². The third-order valence-electron chi connectivity index (χ3n) is 4.05. The van der Waals surface area contributed by atoms with E-state index in [0.29, 0.717) is 21.6 Å². The van der Waals surface area contributed by atoms with Crippen molar-refractivity contribution in [1.82, 2.24) is 0 Å². The van der Waals surface area contributed by atoms with Gasteiger partial charge in [-0.05, 0) is 46.3 Å². The first-order chi connectivity index (χ1) is 12.0. The number of amides is 2. The van der Waals surface area contributed by atoms with Gasteiger partial charge in [0.2, 0.25) is 11.8 Å². The van der Waals surface area contributed by atoms with Crippen LogP contribution < -0.4 is 15.0 Å². The number of methoxy groups -OCH3 is 1. The second-order valence-electron chi connectivity index (χ2n) is 5.72. The monoisotopic (exact) mass is 406 g/mol. The van der Waals surface area contributed by atoms with Gasteiger partial charge in [0.1, 0.15) is 11.6 Å². The summed E-state index contributed by atoms with van der Waals surface area (Å²) in [6.45, 7) is 0.288. The van der Waals surface area contributed by atoms with Crippen molar-refractivity contribution in [3.05, 3.63) is 52.8 Å². The quantitative estimate of drug-likeness (QED) is 0.843. The van der Waals surface area contributed by atoms with E-state index >= 15 is 0 Å². The smallest absolute Gasteiger partial charge is 0.229 e. The maximum Gasteiger partial charge on any atom is 0.229 e. The van der Waals surface area contributed by atoms with Crippen LogP contribution in [0.15, 0.2) is 46.9 Å². The van der Waals surface area contributed by atoms with Crippen LogP contribution in [0.25, 0.3) is 0 Å². The predicted molar refractivity (Wildman–Crippen MR) is 96.2 cm³/mol. The van der Waals surface area contributed by atoms with Crippen LogP contribution in [-0.2, 0) is 9.59 Å². The Morgan fingerprint density at radius 2 is 2.12 bits per heavy atom. The molecule has 5 nitrogen and oxygen atoms in total. The van der Waals surface area contributed by atoms with Gasteiger partial charge in [0, 0.05) is 29.2 Å². The largest absolute Gasteiger partial charge is 0.497 e. The fraction of sp³-hybridized carbons (Fsp3) is 0.222. The number of nitrogens with one attached hydrogen (secondary N) is 1. The molecule has 1 aliphatic heterocycles. The van der Waals surface area contributed by atoms with Crippen LogP contribution in [0.4, 0.5) is 15.8 Å². The minimum atomic E-state index is -0.476. The Morgan fingerprint density at radius 3 is 2.84 bits per heavy atom. The van der Waals surface area contributed by atoms with Crippen LogP contribution in [0.2, 0.25) is 0 Å². The van der Waals surface area contributed by atoms with Crippen molar-refractivity contribution in [2.45, 2.75) is 6.42 Å². The maximum absolute atomic E-state index is 13.1. The molecule has 0 aliphatic carbocycles. The average Bonchev–Trinajstić information content (AvgIpc) is 2.99. The van der Waals surface area contributed by atoms with Gasteiger partial charge in [-0.25, -0.2) is 4.39 Å². The van der Waals surface area contributed by atoms with Gasteiger partial charge in [-0.15, -0.1) is 0 Å². The van der Waals surface area contributed by atoms with Crippen LogP contribution >= 0.6 is 15.9 Å². The highest BCUT2D eigenvalue weighted by Crippen LogP contribution is 2.29. The Kier molecular flexibility index (Phi) is 5.03. The van der Waals surface area contributed by atoms with Gasteiger partial charge in [0.25, 0.3) is 0 Å². The van der Waals surface area contributed by atoms with E-state index in [9.17, 15) is 14.0 Å². The van der Waals surface area contributed by atoms with E-state index in [2.05, 4.69) is 21.2 Å². The molecular formula is C18H16BrFN2O3. The van der Waals surface area contributed by atoms with Crippen molar-refractivity contribution in [2.24, 2.45) is 5.92 Å². The molecule has 1 atom stereocenters. The fourth-order valence-electron chi connectivity index (χ4n) is 2.74. The molecule has 1 aliphatic rings. The summed E-state index contributed by atoms with van der Waals surface area (Å²) < 4.78 is 18.8. The molecule has 2 aromatic rings. The molecular weight excluding hydrogens is 391 g/mol. The van der Waals surface area contributed by atoms with Crippen molar-refractivity contribution in [3.8, 4) is 5.75 Å². The zero-order chi connectivity index (χ0) is 18.0. The molecule has 3 rings (SSSR count). The van der Waals surface area contributed by atoms with Gasteiger partial charge in [-0.3, -0.25) is 9.59 Å². The first kappa shape index (κ1) is 17.4. The number of carbonyl (C=O) groups excluding carboxylic acids is 2. The Hall–Kier alpha value is -2.41. The summed E-state index contributed by atoms with van der Waals surface area (Å²) in [5.41, 5.74) is 1.17.